The van der Waals surface area contributed by atoms with Crippen LogP contribution in [0.5, 0.6) is 0 Å². The van der Waals surface area contributed by atoms with E-state index in [9.17, 15) is 13.2 Å². The van der Waals surface area contributed by atoms with Gasteiger partial charge in [-0.1, -0.05) is 24.3 Å². The van der Waals surface area contributed by atoms with Crippen LogP contribution in [0.2, 0.25) is 0 Å². The van der Waals surface area contributed by atoms with Crippen molar-refractivity contribution in [2.75, 3.05) is 13.1 Å². The zero-order chi connectivity index (χ0) is 19.7. The Morgan fingerprint density at radius 3 is 2.82 bits per heavy atom. The van der Waals surface area contributed by atoms with Gasteiger partial charge < -0.3 is 5.32 Å². The van der Waals surface area contributed by atoms with Crippen molar-refractivity contribution in [3.63, 3.8) is 0 Å². The number of rotatable bonds is 5. The summed E-state index contributed by atoms with van der Waals surface area (Å²) >= 11 is 1.22. The molecule has 7 heteroatoms. The van der Waals surface area contributed by atoms with Crippen molar-refractivity contribution in [3.05, 3.63) is 52.4 Å². The molecule has 2 atom stereocenters. The first-order valence-electron chi connectivity index (χ1n) is 9.91. The summed E-state index contributed by atoms with van der Waals surface area (Å²) in [5, 5.41) is 4.87. The van der Waals surface area contributed by atoms with Gasteiger partial charge in [0.05, 0.1) is 12.0 Å². The van der Waals surface area contributed by atoms with Crippen LogP contribution in [0.1, 0.15) is 48.9 Å². The van der Waals surface area contributed by atoms with Crippen molar-refractivity contribution >= 4 is 27.3 Å². The number of carbonyl (C=O) groups is 1. The zero-order valence-electron chi connectivity index (χ0n) is 16.1. The van der Waals surface area contributed by atoms with Gasteiger partial charge in [-0.15, -0.1) is 11.3 Å². The molecule has 1 N–H and O–H groups in total. The second-order valence-electron chi connectivity index (χ2n) is 7.75. The fraction of sp³-hybridized carbons (Fsp3) is 0.476. The second-order valence-corrected chi connectivity index (χ2v) is 10.9. The standard InChI is InChI=1S/C21H26N2O3S2/c1-15(17-10-9-16-5-2-6-18(16)13-17)22-21(24)19-7-3-11-23(14-19)28(25,26)20-8-4-12-27-20/h4,8-10,12-13,15,19H,2-3,5-7,11,14H2,1H3,(H,22,24)/t15-,19-/m0/s1. The van der Waals surface area contributed by atoms with Gasteiger partial charge in [0.2, 0.25) is 5.91 Å². The van der Waals surface area contributed by atoms with E-state index in [1.54, 1.807) is 17.5 Å². The number of nitrogens with one attached hydrogen (secondary N) is 1. The number of nitrogens with zero attached hydrogens (tertiary/aromatic N) is 1. The lowest BCUT2D eigenvalue weighted by atomic mass is 9.97. The molecule has 4 rings (SSSR count). The third-order valence-corrected chi connectivity index (χ3v) is 9.06. The van der Waals surface area contributed by atoms with E-state index in [2.05, 4.69) is 23.5 Å². The monoisotopic (exact) mass is 418 g/mol. The minimum atomic E-state index is -3.50. The first-order chi connectivity index (χ1) is 13.4. The molecular weight excluding hydrogens is 392 g/mol. The van der Waals surface area contributed by atoms with Crippen molar-refractivity contribution in [1.82, 2.24) is 9.62 Å². The van der Waals surface area contributed by atoms with Crippen molar-refractivity contribution in [1.29, 1.82) is 0 Å². The molecular formula is C21H26N2O3S2. The van der Waals surface area contributed by atoms with Crippen LogP contribution < -0.4 is 5.32 Å². The Labute approximate surface area is 170 Å². The molecule has 1 fully saturated rings. The summed E-state index contributed by atoms with van der Waals surface area (Å²) in [4.78, 5) is 12.8. The number of sulfonamides is 1. The predicted molar refractivity (Wildman–Crippen MR) is 111 cm³/mol. The van der Waals surface area contributed by atoms with Crippen LogP contribution >= 0.6 is 11.3 Å². The molecule has 1 aliphatic carbocycles. The number of piperidine rings is 1. The highest BCUT2D eigenvalue weighted by atomic mass is 32.2. The molecule has 1 saturated heterocycles. The summed E-state index contributed by atoms with van der Waals surface area (Å²) in [5.41, 5.74) is 3.93. The van der Waals surface area contributed by atoms with E-state index < -0.39 is 10.0 Å². The van der Waals surface area contributed by atoms with E-state index in [4.69, 9.17) is 0 Å². The first-order valence-corrected chi connectivity index (χ1v) is 12.2. The van der Waals surface area contributed by atoms with Crippen LogP contribution in [0.4, 0.5) is 0 Å². The highest BCUT2D eigenvalue weighted by Gasteiger charge is 2.34. The average Bonchev–Trinajstić information content (AvgIpc) is 3.39. The van der Waals surface area contributed by atoms with Gasteiger partial charge in [0.15, 0.2) is 0 Å². The maximum Gasteiger partial charge on any atom is 0.252 e. The lowest BCUT2D eigenvalue weighted by molar-refractivity contribution is -0.126. The maximum absolute atomic E-state index is 12.8. The van der Waals surface area contributed by atoms with Crippen molar-refractivity contribution in [2.45, 2.75) is 49.3 Å². The molecule has 1 aliphatic heterocycles. The average molecular weight is 419 g/mol. The summed E-state index contributed by atoms with van der Waals surface area (Å²) in [6, 6.07) is 9.77. The van der Waals surface area contributed by atoms with Crippen LogP contribution in [0.25, 0.3) is 0 Å². The molecule has 0 saturated carbocycles. The van der Waals surface area contributed by atoms with Crippen LogP contribution in [-0.2, 0) is 27.7 Å². The molecule has 0 spiro atoms. The fourth-order valence-electron chi connectivity index (χ4n) is 4.19. The largest absolute Gasteiger partial charge is 0.349 e. The number of benzene rings is 1. The molecule has 1 aromatic heterocycles. The summed E-state index contributed by atoms with van der Waals surface area (Å²) in [5.74, 6) is -0.362. The van der Waals surface area contributed by atoms with Gasteiger partial charge in [0, 0.05) is 13.1 Å². The van der Waals surface area contributed by atoms with E-state index in [-0.39, 0.29) is 24.4 Å². The Hall–Kier alpha value is -1.70. The SMILES string of the molecule is C[C@H](NC(=O)[C@H]1CCCN(S(=O)(=O)c2cccs2)C1)c1ccc2c(c1)CCC2. The lowest BCUT2D eigenvalue weighted by Crippen LogP contribution is -2.45. The molecule has 5 nitrogen and oxygen atoms in total. The highest BCUT2D eigenvalue weighted by molar-refractivity contribution is 7.91. The quantitative estimate of drug-likeness (QED) is 0.808. The van der Waals surface area contributed by atoms with Gasteiger partial charge in [-0.3, -0.25) is 4.79 Å². The first kappa shape index (κ1) is 19.6. The molecule has 1 aromatic carbocycles. The molecule has 0 bridgehead atoms. The van der Waals surface area contributed by atoms with Gasteiger partial charge in [0.1, 0.15) is 4.21 Å². The number of amides is 1. The third kappa shape index (κ3) is 3.88. The molecule has 2 aliphatic rings. The van der Waals surface area contributed by atoms with Crippen LogP contribution in [-0.4, -0.2) is 31.7 Å². The van der Waals surface area contributed by atoms with Gasteiger partial charge in [-0.05, 0) is 67.2 Å². The molecule has 1 amide bonds. The number of thiophene rings is 1. The van der Waals surface area contributed by atoms with Crippen LogP contribution in [0.15, 0.2) is 39.9 Å². The van der Waals surface area contributed by atoms with E-state index in [0.29, 0.717) is 17.2 Å². The summed E-state index contributed by atoms with van der Waals surface area (Å²) in [6.45, 7) is 2.73. The Morgan fingerprint density at radius 2 is 2.04 bits per heavy atom. The summed E-state index contributed by atoms with van der Waals surface area (Å²) in [6.07, 6.45) is 4.89. The second kappa shape index (κ2) is 7.97. The Morgan fingerprint density at radius 1 is 1.21 bits per heavy atom. The van der Waals surface area contributed by atoms with Crippen LogP contribution in [0, 0.1) is 5.92 Å². The zero-order valence-corrected chi connectivity index (χ0v) is 17.7. The van der Waals surface area contributed by atoms with E-state index in [1.165, 1.54) is 33.2 Å². The van der Waals surface area contributed by atoms with Crippen molar-refractivity contribution in [3.8, 4) is 0 Å². The van der Waals surface area contributed by atoms with E-state index in [1.807, 2.05) is 6.92 Å². The normalized spacial score (nSPS) is 21.2. The molecule has 2 heterocycles. The van der Waals surface area contributed by atoms with Crippen molar-refractivity contribution in [2.24, 2.45) is 5.92 Å². The van der Waals surface area contributed by atoms with E-state index >= 15 is 0 Å². The Bertz CT molecular complexity index is 954. The van der Waals surface area contributed by atoms with Gasteiger partial charge in [0.25, 0.3) is 10.0 Å². The molecule has 0 radical (unpaired) electrons. The molecule has 0 unspecified atom stereocenters. The number of aryl methyl sites for hydroxylation is 2. The smallest absolute Gasteiger partial charge is 0.252 e. The predicted octanol–water partition coefficient (Wildman–Crippen LogP) is 3.51. The summed E-state index contributed by atoms with van der Waals surface area (Å²) in [7, 11) is -3.50. The van der Waals surface area contributed by atoms with Gasteiger partial charge >= 0.3 is 0 Å². The van der Waals surface area contributed by atoms with Gasteiger partial charge in [-0.2, -0.15) is 4.31 Å². The number of fused-ring (bicyclic) bond motifs is 1. The summed E-state index contributed by atoms with van der Waals surface area (Å²) < 4.78 is 27.4. The van der Waals surface area contributed by atoms with Gasteiger partial charge in [-0.25, -0.2) is 8.42 Å². The number of carbonyl (C=O) groups excluding carboxylic acids is 1. The molecule has 2 aromatic rings. The molecule has 150 valence electrons. The highest BCUT2D eigenvalue weighted by Crippen LogP contribution is 2.28. The number of hydrogen-bond donors (Lipinski definition) is 1. The fourth-order valence-corrected chi connectivity index (χ4v) is 6.86. The third-order valence-electron chi connectivity index (χ3n) is 5.83. The van der Waals surface area contributed by atoms with Crippen LogP contribution in [0.3, 0.4) is 0 Å². The van der Waals surface area contributed by atoms with E-state index in [0.717, 1.165) is 24.8 Å². The lowest BCUT2D eigenvalue weighted by Gasteiger charge is -2.31. The minimum Gasteiger partial charge on any atom is -0.349 e. The minimum absolute atomic E-state index is 0.0564. The Balaban J connectivity index is 1.42. The van der Waals surface area contributed by atoms with Crippen molar-refractivity contribution < 1.29 is 13.2 Å². The maximum atomic E-state index is 12.8. The number of hydrogen-bond acceptors (Lipinski definition) is 4. The topological polar surface area (TPSA) is 66.5 Å². The Kier molecular flexibility index (Phi) is 5.58. The molecule has 28 heavy (non-hydrogen) atoms.